The lowest BCUT2D eigenvalue weighted by atomic mass is 10.1. The van der Waals surface area contributed by atoms with E-state index in [1.54, 1.807) is 6.92 Å². The molecule has 2 aromatic rings. The van der Waals surface area contributed by atoms with Crippen molar-refractivity contribution in [1.29, 1.82) is 0 Å². The van der Waals surface area contributed by atoms with Crippen molar-refractivity contribution in [2.45, 2.75) is 33.2 Å². The molecular weight excluding hydrogens is 250 g/mol. The van der Waals surface area contributed by atoms with E-state index in [9.17, 15) is 9.59 Å². The van der Waals surface area contributed by atoms with E-state index in [4.69, 9.17) is 5.73 Å². The Morgan fingerprint density at radius 3 is 2.67 bits per heavy atom. The Morgan fingerprint density at radius 1 is 1.44 bits per heavy atom. The number of aryl methyl sites for hydroxylation is 2. The van der Waals surface area contributed by atoms with Gasteiger partial charge in [-0.3, -0.25) is 14.3 Å². The molecule has 6 heteroatoms. The Balaban J connectivity index is 2.92. The van der Waals surface area contributed by atoms with Gasteiger partial charge < -0.3 is 5.73 Å². The molecule has 0 aliphatic rings. The number of aromatic amines is 1. The lowest BCUT2D eigenvalue weighted by molar-refractivity contribution is 0.518. The van der Waals surface area contributed by atoms with Gasteiger partial charge in [0.25, 0.3) is 5.56 Å². The molecule has 1 atom stereocenters. The fourth-order valence-corrected chi connectivity index (χ4v) is 3.32. The molecule has 0 fully saturated rings. The summed E-state index contributed by atoms with van der Waals surface area (Å²) < 4.78 is 1.22. The molecule has 0 aliphatic heterocycles. The van der Waals surface area contributed by atoms with Crippen LogP contribution in [0.5, 0.6) is 0 Å². The van der Waals surface area contributed by atoms with Gasteiger partial charge in [0.2, 0.25) is 0 Å². The number of rotatable bonds is 3. The van der Waals surface area contributed by atoms with Crippen LogP contribution in [0.4, 0.5) is 0 Å². The van der Waals surface area contributed by atoms with E-state index in [0.717, 1.165) is 16.9 Å². The minimum absolute atomic E-state index is 0.229. The van der Waals surface area contributed by atoms with E-state index in [1.807, 2.05) is 13.8 Å². The molecule has 0 aromatic carbocycles. The molecule has 98 valence electrons. The first kappa shape index (κ1) is 13.0. The van der Waals surface area contributed by atoms with Gasteiger partial charge in [0.05, 0.1) is 11.4 Å². The molecule has 5 nitrogen and oxygen atoms in total. The van der Waals surface area contributed by atoms with Crippen LogP contribution in [-0.2, 0) is 6.42 Å². The lowest BCUT2D eigenvalue weighted by Crippen LogP contribution is -2.39. The average Bonchev–Trinajstić information content (AvgIpc) is 2.64. The Hall–Kier alpha value is -1.40. The van der Waals surface area contributed by atoms with Crippen molar-refractivity contribution >= 4 is 21.6 Å². The van der Waals surface area contributed by atoms with Crippen LogP contribution in [0.3, 0.4) is 0 Å². The Bertz CT molecular complexity index is 696. The predicted molar refractivity (Wildman–Crippen MR) is 74.6 cm³/mol. The summed E-state index contributed by atoms with van der Waals surface area (Å²) >= 11 is 1.46. The fraction of sp³-hybridized carbons (Fsp3) is 0.500. The molecule has 1 unspecified atom stereocenters. The number of H-pyrrole nitrogens is 1. The molecule has 0 saturated carbocycles. The number of nitrogens with two attached hydrogens (primary N) is 1. The van der Waals surface area contributed by atoms with Crippen LogP contribution in [0.25, 0.3) is 10.2 Å². The molecule has 3 N–H and O–H groups in total. The van der Waals surface area contributed by atoms with Crippen molar-refractivity contribution in [1.82, 2.24) is 9.55 Å². The summed E-state index contributed by atoms with van der Waals surface area (Å²) in [5, 5.41) is 0.639. The predicted octanol–water partition coefficient (Wildman–Crippen LogP) is 1.14. The number of thiophene rings is 1. The molecule has 0 amide bonds. The second kappa shape index (κ2) is 4.70. The summed E-state index contributed by atoms with van der Waals surface area (Å²) in [5.74, 6) is 0. The zero-order valence-electron chi connectivity index (χ0n) is 10.7. The molecule has 0 radical (unpaired) electrons. The van der Waals surface area contributed by atoms with Crippen LogP contribution in [-0.4, -0.2) is 16.1 Å². The van der Waals surface area contributed by atoms with Gasteiger partial charge in [-0.05, 0) is 25.8 Å². The van der Waals surface area contributed by atoms with Crippen LogP contribution >= 0.6 is 11.3 Å². The Kier molecular flexibility index (Phi) is 3.41. The van der Waals surface area contributed by atoms with Crippen molar-refractivity contribution in [2.24, 2.45) is 5.73 Å². The van der Waals surface area contributed by atoms with Gasteiger partial charge in [0.1, 0.15) is 4.83 Å². The Labute approximate surface area is 108 Å². The van der Waals surface area contributed by atoms with Crippen LogP contribution < -0.4 is 17.0 Å². The molecule has 2 aromatic heterocycles. The largest absolute Gasteiger partial charge is 0.329 e. The molecule has 2 rings (SSSR count). The fourth-order valence-electron chi connectivity index (χ4n) is 2.19. The maximum absolute atomic E-state index is 12.4. The van der Waals surface area contributed by atoms with E-state index in [-0.39, 0.29) is 23.8 Å². The number of nitrogens with zero attached hydrogens (tertiary/aromatic N) is 1. The molecule has 0 aliphatic carbocycles. The first-order chi connectivity index (χ1) is 8.51. The van der Waals surface area contributed by atoms with Crippen LogP contribution in [0.15, 0.2) is 9.59 Å². The van der Waals surface area contributed by atoms with E-state index in [0.29, 0.717) is 10.2 Å². The number of nitrogens with one attached hydrogen (secondary N) is 1. The van der Waals surface area contributed by atoms with E-state index < -0.39 is 0 Å². The molecular formula is C12H17N3O2S. The number of hydrogen-bond acceptors (Lipinski definition) is 4. The van der Waals surface area contributed by atoms with Crippen LogP contribution in [0.1, 0.15) is 30.3 Å². The second-order valence-corrected chi connectivity index (χ2v) is 5.61. The minimum Gasteiger partial charge on any atom is -0.328 e. The van der Waals surface area contributed by atoms with Gasteiger partial charge in [-0.25, -0.2) is 4.79 Å². The summed E-state index contributed by atoms with van der Waals surface area (Å²) in [6.45, 7) is 6.01. The minimum atomic E-state index is -0.380. The smallest absolute Gasteiger partial charge is 0.328 e. The second-order valence-electron chi connectivity index (χ2n) is 4.38. The average molecular weight is 267 g/mol. The monoisotopic (exact) mass is 267 g/mol. The summed E-state index contributed by atoms with van der Waals surface area (Å²) in [7, 11) is 0. The summed E-state index contributed by atoms with van der Waals surface area (Å²) in [5.41, 5.74) is 5.97. The topological polar surface area (TPSA) is 80.9 Å². The van der Waals surface area contributed by atoms with Crippen molar-refractivity contribution in [3.05, 3.63) is 31.3 Å². The first-order valence-corrected chi connectivity index (χ1v) is 6.79. The first-order valence-electron chi connectivity index (χ1n) is 5.98. The molecule has 18 heavy (non-hydrogen) atoms. The maximum Gasteiger partial charge on any atom is 0.329 e. The quantitative estimate of drug-likeness (QED) is 0.875. The van der Waals surface area contributed by atoms with Crippen LogP contribution in [0, 0.1) is 6.92 Å². The van der Waals surface area contributed by atoms with Gasteiger partial charge in [0.15, 0.2) is 0 Å². The maximum atomic E-state index is 12.4. The normalized spacial score (nSPS) is 13.1. The van der Waals surface area contributed by atoms with Crippen molar-refractivity contribution in [3.8, 4) is 0 Å². The van der Waals surface area contributed by atoms with Crippen LogP contribution in [0.2, 0.25) is 0 Å². The number of hydrogen-bond donors (Lipinski definition) is 2. The van der Waals surface area contributed by atoms with Crippen molar-refractivity contribution in [2.75, 3.05) is 6.54 Å². The Morgan fingerprint density at radius 2 is 2.11 bits per heavy atom. The highest BCUT2D eigenvalue weighted by molar-refractivity contribution is 7.18. The van der Waals surface area contributed by atoms with Gasteiger partial charge in [-0.1, -0.05) is 6.92 Å². The van der Waals surface area contributed by atoms with Gasteiger partial charge in [-0.15, -0.1) is 11.3 Å². The number of aromatic nitrogens is 2. The standard InChI is InChI=1S/C12H17N3O2S/c1-4-8-7(3)18-10-9(8)11(16)15(6(2)5-13)12(17)14-10/h6H,4-5,13H2,1-3H3,(H,14,17). The number of fused-ring (bicyclic) bond motifs is 1. The third-order valence-corrected chi connectivity index (χ3v) is 4.28. The molecule has 0 spiro atoms. The van der Waals surface area contributed by atoms with E-state index in [2.05, 4.69) is 4.98 Å². The third kappa shape index (κ3) is 1.81. The molecule has 0 saturated heterocycles. The lowest BCUT2D eigenvalue weighted by Gasteiger charge is -2.11. The SMILES string of the molecule is CCc1c(C)sc2[nH]c(=O)n(C(C)CN)c(=O)c12. The van der Waals surface area contributed by atoms with Crippen molar-refractivity contribution in [3.63, 3.8) is 0 Å². The zero-order chi connectivity index (χ0) is 13.4. The van der Waals surface area contributed by atoms with E-state index >= 15 is 0 Å². The van der Waals surface area contributed by atoms with E-state index in [1.165, 1.54) is 15.9 Å². The summed E-state index contributed by atoms with van der Waals surface area (Å²) in [4.78, 5) is 28.9. The van der Waals surface area contributed by atoms with Gasteiger partial charge >= 0.3 is 5.69 Å². The highest BCUT2D eigenvalue weighted by Gasteiger charge is 2.17. The summed E-state index contributed by atoms with van der Waals surface area (Å²) in [6.07, 6.45) is 0.782. The third-order valence-electron chi connectivity index (χ3n) is 3.22. The molecule has 2 heterocycles. The van der Waals surface area contributed by atoms with Gasteiger partial charge in [0, 0.05) is 11.4 Å². The van der Waals surface area contributed by atoms with Crippen molar-refractivity contribution < 1.29 is 0 Å². The molecule has 0 bridgehead atoms. The van der Waals surface area contributed by atoms with Gasteiger partial charge in [-0.2, -0.15) is 0 Å². The highest BCUT2D eigenvalue weighted by atomic mass is 32.1. The highest BCUT2D eigenvalue weighted by Crippen LogP contribution is 2.26. The zero-order valence-corrected chi connectivity index (χ0v) is 11.6. The summed E-state index contributed by atoms with van der Waals surface area (Å²) in [6, 6.07) is -0.296.